The van der Waals surface area contributed by atoms with Crippen LogP contribution in [0.4, 0.5) is 0 Å². The fourth-order valence-electron chi connectivity index (χ4n) is 1.10. The molecular formula is C11H25NO. The van der Waals surface area contributed by atoms with Crippen molar-refractivity contribution < 1.29 is 6.90 Å². The van der Waals surface area contributed by atoms with E-state index in [1.54, 1.807) is 0 Å². The maximum atomic E-state index is 2.25. The van der Waals surface area contributed by atoms with Gasteiger partial charge in [-0.2, -0.15) is 0 Å². The van der Waals surface area contributed by atoms with Gasteiger partial charge in [0.25, 0.3) is 0 Å². The third-order valence-corrected chi connectivity index (χ3v) is 1.67. The van der Waals surface area contributed by atoms with Crippen molar-refractivity contribution in [1.82, 2.24) is 6.15 Å². The molecule has 0 aromatic rings. The van der Waals surface area contributed by atoms with Crippen molar-refractivity contribution >= 4 is 0 Å². The fourth-order valence-corrected chi connectivity index (χ4v) is 1.10. The highest BCUT2D eigenvalue weighted by molar-refractivity contribution is 5.25. The van der Waals surface area contributed by atoms with Crippen molar-refractivity contribution in [3.05, 3.63) is 36.0 Å². The molecule has 5 N–H and O–H groups in total. The summed E-state index contributed by atoms with van der Waals surface area (Å²) in [7, 11) is 0. The summed E-state index contributed by atoms with van der Waals surface area (Å²) in [6.07, 6.45) is 14.7. The first-order chi connectivity index (χ1) is 4.93. The maximum absolute atomic E-state index is 2.25. The lowest BCUT2D eigenvalue weighted by Gasteiger charge is -2.04. The van der Waals surface area contributed by atoms with Gasteiger partial charge in [0.2, 0.25) is 0 Å². The van der Waals surface area contributed by atoms with Gasteiger partial charge in [-0.05, 0) is 31.8 Å². The molecule has 0 radical (unpaired) electrons. The average molecular weight is 187 g/mol. The molecule has 1 rings (SSSR count). The van der Waals surface area contributed by atoms with Gasteiger partial charge >= 0.3 is 0 Å². The number of hydrogen-bond donors (Lipinski definition) is 1. The first-order valence-corrected chi connectivity index (χ1v) is 3.92. The van der Waals surface area contributed by atoms with Crippen LogP contribution in [0.5, 0.6) is 0 Å². The first kappa shape index (κ1) is 18.0. The van der Waals surface area contributed by atoms with Gasteiger partial charge in [0.05, 0.1) is 0 Å². The molecule has 0 bridgehead atoms. The van der Waals surface area contributed by atoms with Crippen LogP contribution in [0.2, 0.25) is 0 Å². The highest BCUT2D eigenvalue weighted by atomic mass is 16.0. The highest BCUT2D eigenvalue weighted by Crippen LogP contribution is 2.15. The Bertz CT molecular complexity index is 186. The van der Waals surface area contributed by atoms with E-state index in [4.69, 9.17) is 0 Å². The lowest BCUT2D eigenvalue weighted by atomic mass is 10.0. The summed E-state index contributed by atoms with van der Waals surface area (Å²) in [4.78, 5) is 0. The van der Waals surface area contributed by atoms with Gasteiger partial charge in [-0.1, -0.05) is 37.8 Å². The van der Waals surface area contributed by atoms with E-state index in [0.29, 0.717) is 0 Å². The first-order valence-electron chi connectivity index (χ1n) is 3.92. The minimum atomic E-state index is 0. The summed E-state index contributed by atoms with van der Waals surface area (Å²) in [5.74, 6) is 0. The predicted octanol–water partition coefficient (Wildman–Crippen LogP) is 3.45. The van der Waals surface area contributed by atoms with Crippen LogP contribution in [0.25, 0.3) is 0 Å². The third-order valence-electron chi connectivity index (χ3n) is 1.67. The summed E-state index contributed by atoms with van der Waals surface area (Å²) < 4.78 is 0. The molecule has 0 atom stereocenters. The quantitative estimate of drug-likeness (QED) is 0.671. The van der Waals surface area contributed by atoms with Crippen LogP contribution < -0.4 is 6.15 Å². The lowest BCUT2D eigenvalue weighted by molar-refractivity contribution is 0.821. The summed E-state index contributed by atoms with van der Waals surface area (Å²) >= 11 is 0. The molecular weight excluding hydrogens is 162 g/mol. The van der Waals surface area contributed by atoms with Gasteiger partial charge in [0, 0.05) is 1.43 Å². The summed E-state index contributed by atoms with van der Waals surface area (Å²) in [5, 5.41) is 0. The van der Waals surface area contributed by atoms with E-state index in [2.05, 4.69) is 30.4 Å². The molecule has 0 aliphatic heterocycles. The summed E-state index contributed by atoms with van der Waals surface area (Å²) in [6, 6.07) is 0. The Balaban J connectivity index is -0.000000125. The molecule has 0 amide bonds. The summed E-state index contributed by atoms with van der Waals surface area (Å²) in [6.45, 7) is 2.05. The highest BCUT2D eigenvalue weighted by Gasteiger charge is 1.95. The molecule has 0 unspecified atom stereocenters. The van der Waals surface area contributed by atoms with Gasteiger partial charge in [0.15, 0.2) is 0 Å². The van der Waals surface area contributed by atoms with Gasteiger partial charge < -0.3 is 11.6 Å². The van der Waals surface area contributed by atoms with E-state index < -0.39 is 0 Å². The van der Waals surface area contributed by atoms with Crippen LogP contribution >= 0.6 is 0 Å². The Hall–Kier alpha value is -0.860. The third kappa shape index (κ3) is 7.50. The number of hydrogen-bond acceptors (Lipinski definition) is 1. The number of rotatable bonds is 1. The molecule has 0 fully saturated rings. The van der Waals surface area contributed by atoms with Crippen LogP contribution in [0.3, 0.4) is 0 Å². The zero-order valence-electron chi connectivity index (χ0n) is 7.72. The zero-order chi connectivity index (χ0) is 7.23. The normalized spacial score (nSPS) is 17.5. The predicted molar refractivity (Wildman–Crippen MR) is 63.4 cm³/mol. The second-order valence-corrected chi connectivity index (χ2v) is 2.56. The van der Waals surface area contributed by atoms with Crippen molar-refractivity contribution in [2.75, 3.05) is 0 Å². The van der Waals surface area contributed by atoms with Crippen molar-refractivity contribution in [2.45, 2.75) is 33.6 Å². The van der Waals surface area contributed by atoms with Gasteiger partial charge in [-0.25, -0.2) is 0 Å². The topological polar surface area (TPSA) is 66.5 Å². The van der Waals surface area contributed by atoms with E-state index in [9.17, 15) is 0 Å². The standard InChI is InChI=1S/C10H14.CH4.H3N.H2O.H2/c1-2-3-7-10-8-5-4-6-9-10;;;;/h2-3,5,7-8H,4,6,9H2,1H3;1H4;1H3;1H2;1H/b3-2+,10-7-;;;;. The Kier molecular flexibility index (Phi) is 15.5. The molecule has 0 saturated heterocycles. The van der Waals surface area contributed by atoms with Crippen molar-refractivity contribution in [3.63, 3.8) is 0 Å². The van der Waals surface area contributed by atoms with Crippen LogP contribution in [0.1, 0.15) is 35.0 Å². The Morgan fingerprint density at radius 2 is 2.15 bits per heavy atom. The monoisotopic (exact) mass is 187 g/mol. The van der Waals surface area contributed by atoms with Crippen LogP contribution in [-0.4, -0.2) is 5.48 Å². The van der Waals surface area contributed by atoms with Crippen molar-refractivity contribution in [1.29, 1.82) is 0 Å². The van der Waals surface area contributed by atoms with E-state index in [1.807, 2.05) is 6.92 Å². The van der Waals surface area contributed by atoms with E-state index in [0.717, 1.165) is 0 Å². The van der Waals surface area contributed by atoms with Crippen LogP contribution in [-0.2, 0) is 0 Å². The number of allylic oxidation sites excluding steroid dienone is 6. The molecule has 0 heterocycles. The van der Waals surface area contributed by atoms with E-state index >= 15 is 0 Å². The minimum absolute atomic E-state index is 0. The largest absolute Gasteiger partial charge is 0.412 e. The zero-order valence-corrected chi connectivity index (χ0v) is 7.72. The molecule has 0 aromatic heterocycles. The molecule has 2 nitrogen and oxygen atoms in total. The maximum Gasteiger partial charge on any atom is 0 e. The average Bonchev–Trinajstić information content (AvgIpc) is 2.03. The second kappa shape index (κ2) is 11.1. The molecule has 13 heavy (non-hydrogen) atoms. The Labute approximate surface area is 83.4 Å². The van der Waals surface area contributed by atoms with Crippen LogP contribution in [0.15, 0.2) is 36.0 Å². The van der Waals surface area contributed by atoms with E-state index in [1.165, 1.54) is 24.8 Å². The second-order valence-electron chi connectivity index (χ2n) is 2.56. The molecule has 0 spiro atoms. The SMILES string of the molecule is C.C/C=C/C=C1/C=CCCC1.N.O.[HH]. The fraction of sp³-hybridized carbons (Fsp3) is 0.455. The molecule has 80 valence electrons. The molecule has 1 aliphatic rings. The lowest BCUT2D eigenvalue weighted by Crippen LogP contribution is -1.84. The molecule has 1 aliphatic carbocycles. The smallest absolute Gasteiger partial charge is 0 e. The Morgan fingerprint density at radius 3 is 2.62 bits per heavy atom. The molecule has 0 aromatic carbocycles. The summed E-state index contributed by atoms with van der Waals surface area (Å²) in [5.41, 5.74) is 1.46. The van der Waals surface area contributed by atoms with Crippen LogP contribution in [0, 0.1) is 0 Å². The minimum Gasteiger partial charge on any atom is -0.412 e. The molecule has 2 heteroatoms. The van der Waals surface area contributed by atoms with E-state index in [-0.39, 0.29) is 20.5 Å². The van der Waals surface area contributed by atoms with Gasteiger partial charge in [0.1, 0.15) is 0 Å². The van der Waals surface area contributed by atoms with Gasteiger partial charge in [-0.3, -0.25) is 0 Å². The molecule has 0 saturated carbocycles. The van der Waals surface area contributed by atoms with Crippen molar-refractivity contribution in [2.24, 2.45) is 0 Å². The Morgan fingerprint density at radius 1 is 1.46 bits per heavy atom. The van der Waals surface area contributed by atoms with Crippen molar-refractivity contribution in [3.8, 4) is 0 Å². The van der Waals surface area contributed by atoms with Gasteiger partial charge in [-0.15, -0.1) is 0 Å².